The maximum atomic E-state index is 13.3. The average molecular weight is 540 g/mol. The Labute approximate surface area is 217 Å². The summed E-state index contributed by atoms with van der Waals surface area (Å²) in [6.45, 7) is 0. The summed E-state index contributed by atoms with van der Waals surface area (Å²) in [5.41, 5.74) is 7.04. The number of amides is 1. The molecule has 10 heteroatoms. The van der Waals surface area contributed by atoms with E-state index in [0.717, 1.165) is 10.9 Å². The van der Waals surface area contributed by atoms with E-state index in [9.17, 15) is 22.8 Å². The molecule has 186 valence electrons. The number of primary amides is 1. The van der Waals surface area contributed by atoms with Gasteiger partial charge in [-0.25, -0.2) is 4.98 Å². The van der Waals surface area contributed by atoms with Gasteiger partial charge in [0.2, 0.25) is 5.91 Å². The van der Waals surface area contributed by atoms with E-state index < -0.39 is 34.9 Å². The van der Waals surface area contributed by atoms with Gasteiger partial charge in [-0.3, -0.25) is 9.59 Å². The van der Waals surface area contributed by atoms with Crippen LogP contribution in [-0.4, -0.2) is 21.7 Å². The van der Waals surface area contributed by atoms with Crippen LogP contribution >= 0.6 is 22.9 Å². The van der Waals surface area contributed by atoms with Crippen molar-refractivity contribution in [1.82, 2.24) is 9.97 Å². The zero-order valence-electron chi connectivity index (χ0n) is 18.8. The summed E-state index contributed by atoms with van der Waals surface area (Å²) in [6.07, 6.45) is -4.64. The maximum Gasteiger partial charge on any atom is 0.417 e. The van der Waals surface area contributed by atoms with Gasteiger partial charge in [-0.1, -0.05) is 60.1 Å². The summed E-state index contributed by atoms with van der Waals surface area (Å²) in [7, 11) is 0. The highest BCUT2D eigenvalue weighted by molar-refractivity contribution is 7.16. The van der Waals surface area contributed by atoms with Crippen LogP contribution in [0.4, 0.5) is 13.2 Å². The minimum absolute atomic E-state index is 0.123. The van der Waals surface area contributed by atoms with Gasteiger partial charge in [0.05, 0.1) is 26.9 Å². The molecule has 0 bridgehead atoms. The minimum atomic E-state index is -4.64. The molecule has 3 N–H and O–H groups in total. The second-order valence-electron chi connectivity index (χ2n) is 8.29. The monoisotopic (exact) mass is 539 g/mol. The largest absolute Gasteiger partial charge is 0.417 e. The molecule has 5 rings (SSSR count). The summed E-state index contributed by atoms with van der Waals surface area (Å²) >= 11 is 7.31. The molecule has 0 fully saturated rings. The van der Waals surface area contributed by atoms with Crippen LogP contribution in [-0.2, 0) is 11.0 Å². The van der Waals surface area contributed by atoms with Crippen LogP contribution in [0.25, 0.3) is 22.4 Å². The second kappa shape index (κ2) is 9.49. The first kappa shape index (κ1) is 24.7. The molecule has 5 aromatic rings. The number of carbonyl (C=O) groups is 2. The number of ketones is 1. The molecule has 3 aromatic carbocycles. The Kier molecular flexibility index (Phi) is 6.35. The smallest absolute Gasteiger partial charge is 0.369 e. The number of aromatic nitrogens is 2. The molecule has 2 aromatic heterocycles. The molecule has 1 atom stereocenters. The molecule has 0 aliphatic carbocycles. The van der Waals surface area contributed by atoms with Gasteiger partial charge in [-0.15, -0.1) is 11.3 Å². The number of H-pyrrole nitrogens is 1. The SMILES string of the molecule is NC(=O)C(c1ccc2nc(-c3ccc(C(=O)c4ccccc4C(F)(F)F)cc3)[nH]c2c1)c1ccc(Cl)s1. The lowest BCUT2D eigenvalue weighted by Crippen LogP contribution is -2.21. The summed E-state index contributed by atoms with van der Waals surface area (Å²) in [4.78, 5) is 33.5. The van der Waals surface area contributed by atoms with Gasteiger partial charge in [0.25, 0.3) is 0 Å². The minimum Gasteiger partial charge on any atom is -0.369 e. The molecule has 0 spiro atoms. The first-order valence-electron chi connectivity index (χ1n) is 11.0. The summed E-state index contributed by atoms with van der Waals surface area (Å²) in [5.74, 6) is -1.40. The zero-order valence-corrected chi connectivity index (χ0v) is 20.4. The van der Waals surface area contributed by atoms with Gasteiger partial charge < -0.3 is 10.7 Å². The zero-order chi connectivity index (χ0) is 26.3. The molecular weight excluding hydrogens is 523 g/mol. The van der Waals surface area contributed by atoms with Crippen LogP contribution in [0.3, 0.4) is 0 Å². The third-order valence-electron chi connectivity index (χ3n) is 5.90. The topological polar surface area (TPSA) is 88.8 Å². The molecule has 0 radical (unpaired) electrons. The second-order valence-corrected chi connectivity index (χ2v) is 10.0. The molecule has 37 heavy (non-hydrogen) atoms. The quantitative estimate of drug-likeness (QED) is 0.232. The van der Waals surface area contributed by atoms with Gasteiger partial charge >= 0.3 is 6.18 Å². The molecule has 2 heterocycles. The fourth-order valence-corrected chi connectivity index (χ4v) is 5.36. The van der Waals surface area contributed by atoms with Crippen molar-refractivity contribution >= 4 is 45.7 Å². The Morgan fingerprint density at radius 1 is 0.973 bits per heavy atom. The predicted octanol–water partition coefficient (Wildman–Crippen LogP) is 6.81. The Hall–Kier alpha value is -3.95. The van der Waals surface area contributed by atoms with Crippen LogP contribution in [0.2, 0.25) is 4.34 Å². The lowest BCUT2D eigenvalue weighted by atomic mass is 9.96. The number of alkyl halides is 3. The van der Waals surface area contributed by atoms with Crippen molar-refractivity contribution in [3.63, 3.8) is 0 Å². The summed E-state index contributed by atoms with van der Waals surface area (Å²) in [6, 6.07) is 19.7. The van der Waals surface area contributed by atoms with Crippen molar-refractivity contribution < 1.29 is 22.8 Å². The van der Waals surface area contributed by atoms with E-state index in [1.807, 2.05) is 0 Å². The highest BCUT2D eigenvalue weighted by Gasteiger charge is 2.35. The number of rotatable bonds is 6. The van der Waals surface area contributed by atoms with Crippen LogP contribution in [0.1, 0.15) is 37.8 Å². The van der Waals surface area contributed by atoms with E-state index in [-0.39, 0.29) is 5.56 Å². The molecule has 0 aliphatic heterocycles. The van der Waals surface area contributed by atoms with E-state index >= 15 is 0 Å². The fraction of sp³-hybridized carbons (Fsp3) is 0.0741. The van der Waals surface area contributed by atoms with Gasteiger partial charge in [0.1, 0.15) is 5.82 Å². The standard InChI is InChI=1S/C27H17ClF3N3O2S/c28-22-12-11-21(37-22)23(25(32)36)16-9-10-19-20(13-16)34-26(33-19)15-7-5-14(6-8-15)24(35)17-3-1-2-4-18(17)27(29,30)31/h1-13,23H,(H2,32,36)(H,33,34). The molecule has 5 nitrogen and oxygen atoms in total. The van der Waals surface area contributed by atoms with Crippen molar-refractivity contribution in [1.29, 1.82) is 0 Å². The van der Waals surface area contributed by atoms with Crippen LogP contribution in [0, 0.1) is 0 Å². The van der Waals surface area contributed by atoms with Crippen molar-refractivity contribution in [2.45, 2.75) is 12.1 Å². The lowest BCUT2D eigenvalue weighted by Gasteiger charge is -2.12. The Morgan fingerprint density at radius 3 is 2.35 bits per heavy atom. The summed E-state index contributed by atoms with van der Waals surface area (Å²) in [5, 5.41) is 0. The van der Waals surface area contributed by atoms with Crippen molar-refractivity contribution in [2.24, 2.45) is 5.73 Å². The van der Waals surface area contributed by atoms with Crippen molar-refractivity contribution in [3.8, 4) is 11.4 Å². The number of nitrogens with one attached hydrogen (secondary N) is 1. The predicted molar refractivity (Wildman–Crippen MR) is 137 cm³/mol. The molecule has 0 aliphatic rings. The first-order chi connectivity index (χ1) is 17.6. The van der Waals surface area contributed by atoms with Gasteiger partial charge in [0.15, 0.2) is 5.78 Å². The average Bonchev–Trinajstić information content (AvgIpc) is 3.49. The number of fused-ring (bicyclic) bond motifs is 1. The Bertz CT molecular complexity index is 1640. The van der Waals surface area contributed by atoms with Crippen molar-refractivity contribution in [3.05, 3.63) is 110 Å². The van der Waals surface area contributed by atoms with E-state index in [4.69, 9.17) is 17.3 Å². The normalized spacial score (nSPS) is 12.5. The third-order valence-corrected chi connectivity index (χ3v) is 7.20. The van der Waals surface area contributed by atoms with Gasteiger partial charge in [0, 0.05) is 21.6 Å². The highest BCUT2D eigenvalue weighted by Crippen LogP contribution is 2.35. The molecule has 0 saturated heterocycles. The van der Waals surface area contributed by atoms with Gasteiger partial charge in [-0.2, -0.15) is 13.2 Å². The number of aromatic amines is 1. The van der Waals surface area contributed by atoms with Crippen LogP contribution < -0.4 is 5.73 Å². The number of hydrogen-bond donors (Lipinski definition) is 2. The number of thiophene rings is 1. The van der Waals surface area contributed by atoms with E-state index in [0.29, 0.717) is 32.3 Å². The number of imidazole rings is 1. The number of halogens is 4. The lowest BCUT2D eigenvalue weighted by molar-refractivity contribution is -0.137. The maximum absolute atomic E-state index is 13.3. The van der Waals surface area contributed by atoms with Crippen molar-refractivity contribution in [2.75, 3.05) is 0 Å². The third kappa shape index (κ3) is 4.87. The Balaban J connectivity index is 1.44. The fourth-order valence-electron chi connectivity index (χ4n) is 4.16. The van der Waals surface area contributed by atoms with Crippen LogP contribution in [0.5, 0.6) is 0 Å². The molecule has 1 unspecified atom stereocenters. The number of hydrogen-bond acceptors (Lipinski definition) is 4. The first-order valence-corrected chi connectivity index (χ1v) is 12.2. The van der Waals surface area contributed by atoms with Gasteiger partial charge in [-0.05, 0) is 35.9 Å². The Morgan fingerprint density at radius 2 is 1.70 bits per heavy atom. The highest BCUT2D eigenvalue weighted by atomic mass is 35.5. The molecular formula is C27H17ClF3N3O2S. The van der Waals surface area contributed by atoms with Crippen LogP contribution in [0.15, 0.2) is 78.9 Å². The number of nitrogens with zero attached hydrogens (tertiary/aromatic N) is 1. The number of carbonyl (C=O) groups excluding carboxylic acids is 2. The van der Waals surface area contributed by atoms with E-state index in [1.54, 1.807) is 42.5 Å². The van der Waals surface area contributed by atoms with E-state index in [1.165, 1.54) is 41.7 Å². The number of nitrogens with two attached hydrogens (primary N) is 1. The molecule has 0 saturated carbocycles. The summed E-state index contributed by atoms with van der Waals surface area (Å²) < 4.78 is 40.6. The van der Waals surface area contributed by atoms with E-state index in [2.05, 4.69) is 9.97 Å². The molecule has 1 amide bonds. The number of benzene rings is 3.